The Balaban J connectivity index is 1.32. The van der Waals surface area contributed by atoms with Crippen LogP contribution in [0.3, 0.4) is 0 Å². The Kier molecular flexibility index (Phi) is 6.66. The van der Waals surface area contributed by atoms with Gasteiger partial charge < -0.3 is 28.6 Å². The molecule has 0 aliphatic carbocycles. The zero-order chi connectivity index (χ0) is 27.1. The maximum Gasteiger partial charge on any atom is 0.337 e. The molecule has 0 amide bonds. The van der Waals surface area contributed by atoms with Crippen LogP contribution in [0, 0.1) is 0 Å². The van der Waals surface area contributed by atoms with Gasteiger partial charge in [0.15, 0.2) is 11.5 Å². The first-order valence-corrected chi connectivity index (χ1v) is 13.1. The van der Waals surface area contributed by atoms with Crippen LogP contribution in [0.4, 0.5) is 0 Å². The van der Waals surface area contributed by atoms with E-state index in [4.69, 9.17) is 18.9 Å². The molecule has 4 aromatic rings. The smallest absolute Gasteiger partial charge is 0.337 e. The van der Waals surface area contributed by atoms with Crippen molar-refractivity contribution in [2.75, 3.05) is 27.9 Å². The molecule has 3 heterocycles. The summed E-state index contributed by atoms with van der Waals surface area (Å²) in [5, 5.41) is 11.4. The molecule has 1 unspecified atom stereocenters. The molecule has 39 heavy (non-hydrogen) atoms. The van der Waals surface area contributed by atoms with Gasteiger partial charge in [0.2, 0.25) is 0 Å². The van der Waals surface area contributed by atoms with Gasteiger partial charge >= 0.3 is 5.97 Å². The highest BCUT2D eigenvalue weighted by atomic mass is 16.5. The zero-order valence-corrected chi connectivity index (χ0v) is 22.4. The summed E-state index contributed by atoms with van der Waals surface area (Å²) in [5.74, 6) is 1.86. The number of nitrogens with zero attached hydrogens (tertiary/aromatic N) is 2. The van der Waals surface area contributed by atoms with Crippen LogP contribution in [0.2, 0.25) is 0 Å². The van der Waals surface area contributed by atoms with Gasteiger partial charge in [0.25, 0.3) is 0 Å². The highest BCUT2D eigenvalue weighted by Crippen LogP contribution is 2.45. The van der Waals surface area contributed by atoms with Gasteiger partial charge in [-0.05, 0) is 77.6 Å². The number of carbonyl (C=O) groups is 1. The lowest BCUT2D eigenvalue weighted by molar-refractivity contribution is 0.0600. The van der Waals surface area contributed by atoms with Gasteiger partial charge in [-0.1, -0.05) is 12.1 Å². The SMILES string of the molecule is COC(=O)c1ccc(COc2cc3c(cc2OC)CCN2Cc4c(c5cc(OC)ccc5n4CO)CC32)cc1. The molecule has 3 aromatic carbocycles. The van der Waals surface area contributed by atoms with Crippen molar-refractivity contribution in [1.82, 2.24) is 9.47 Å². The summed E-state index contributed by atoms with van der Waals surface area (Å²) in [5.41, 5.74) is 7.42. The number of carbonyl (C=O) groups excluding carboxylic acids is 1. The second kappa shape index (κ2) is 10.3. The highest BCUT2D eigenvalue weighted by Gasteiger charge is 2.36. The van der Waals surface area contributed by atoms with Crippen molar-refractivity contribution in [3.63, 3.8) is 0 Å². The lowest BCUT2D eigenvalue weighted by Crippen LogP contribution is -2.39. The standard InChI is InChI=1S/C31H32N2O6/c1-36-22-8-9-26-24(13-22)25-14-27-23-15-30(39-17-19-4-6-20(7-5-19)31(35)38-3)29(37-2)12-21(23)10-11-32(27)16-28(25)33(26)18-34/h4-9,12-13,15,27,34H,10-11,14,16-18H2,1-3H3. The second-order valence-electron chi connectivity index (χ2n) is 10.00. The Bertz CT molecular complexity index is 1540. The number of ether oxygens (including phenoxy) is 4. The molecule has 1 atom stereocenters. The minimum atomic E-state index is -0.362. The van der Waals surface area contributed by atoms with Crippen molar-refractivity contribution in [2.45, 2.75) is 38.8 Å². The maximum absolute atomic E-state index is 11.7. The molecular weight excluding hydrogens is 496 g/mol. The summed E-state index contributed by atoms with van der Waals surface area (Å²) >= 11 is 0. The van der Waals surface area contributed by atoms with Crippen molar-refractivity contribution < 1.29 is 28.8 Å². The van der Waals surface area contributed by atoms with Crippen LogP contribution in [-0.2, 0) is 37.5 Å². The second-order valence-corrected chi connectivity index (χ2v) is 10.00. The largest absolute Gasteiger partial charge is 0.497 e. The molecule has 0 saturated carbocycles. The molecule has 0 radical (unpaired) electrons. The average molecular weight is 529 g/mol. The van der Waals surface area contributed by atoms with E-state index in [1.165, 1.54) is 29.5 Å². The van der Waals surface area contributed by atoms with Crippen molar-refractivity contribution in [3.05, 3.63) is 88.1 Å². The lowest BCUT2D eigenvalue weighted by Gasteiger charge is -2.41. The molecule has 0 saturated heterocycles. The van der Waals surface area contributed by atoms with Crippen LogP contribution in [0.15, 0.2) is 54.6 Å². The van der Waals surface area contributed by atoms with E-state index in [1.807, 2.05) is 28.8 Å². The number of aliphatic hydroxyl groups is 1. The highest BCUT2D eigenvalue weighted by molar-refractivity contribution is 5.89. The molecule has 0 fully saturated rings. The molecule has 8 heteroatoms. The van der Waals surface area contributed by atoms with Crippen LogP contribution in [0.1, 0.15) is 44.3 Å². The Morgan fingerprint density at radius 3 is 2.54 bits per heavy atom. The topological polar surface area (TPSA) is 82.4 Å². The fourth-order valence-corrected chi connectivity index (χ4v) is 6.02. The van der Waals surface area contributed by atoms with Gasteiger partial charge in [-0.15, -0.1) is 0 Å². The zero-order valence-electron chi connectivity index (χ0n) is 22.4. The molecule has 202 valence electrons. The minimum Gasteiger partial charge on any atom is -0.497 e. The predicted octanol–water partition coefficient (Wildman–Crippen LogP) is 4.63. The number of fused-ring (bicyclic) bond motifs is 6. The Morgan fingerprint density at radius 1 is 1.00 bits per heavy atom. The number of benzene rings is 3. The van der Waals surface area contributed by atoms with E-state index in [1.54, 1.807) is 26.4 Å². The van der Waals surface area contributed by atoms with Crippen molar-refractivity contribution >= 4 is 16.9 Å². The fraction of sp³-hybridized carbons (Fsp3) is 0.323. The summed E-state index contributed by atoms with van der Waals surface area (Å²) in [6.07, 6.45) is 1.75. The van der Waals surface area contributed by atoms with Gasteiger partial charge in [-0.3, -0.25) is 4.90 Å². The number of methoxy groups -OCH3 is 3. The third-order valence-corrected chi connectivity index (χ3v) is 8.05. The van der Waals surface area contributed by atoms with Gasteiger partial charge in [0.1, 0.15) is 19.1 Å². The van der Waals surface area contributed by atoms with Gasteiger partial charge in [0, 0.05) is 30.2 Å². The van der Waals surface area contributed by atoms with Crippen LogP contribution in [0.25, 0.3) is 10.9 Å². The van der Waals surface area contributed by atoms with E-state index in [0.29, 0.717) is 23.7 Å². The number of hydrogen-bond donors (Lipinski definition) is 1. The molecule has 0 spiro atoms. The van der Waals surface area contributed by atoms with Gasteiger partial charge in [0.05, 0.1) is 32.4 Å². The van der Waals surface area contributed by atoms with E-state index in [0.717, 1.165) is 48.1 Å². The van der Waals surface area contributed by atoms with Crippen molar-refractivity contribution in [2.24, 2.45) is 0 Å². The summed E-state index contributed by atoms with van der Waals surface area (Å²) < 4.78 is 24.3. The van der Waals surface area contributed by atoms with E-state index >= 15 is 0 Å². The molecule has 2 aliphatic heterocycles. The van der Waals surface area contributed by atoms with Gasteiger partial charge in [-0.25, -0.2) is 4.79 Å². The molecule has 1 N–H and O–H groups in total. The fourth-order valence-electron chi connectivity index (χ4n) is 6.02. The lowest BCUT2D eigenvalue weighted by atomic mass is 9.85. The monoisotopic (exact) mass is 528 g/mol. The van der Waals surface area contributed by atoms with E-state index in [9.17, 15) is 9.90 Å². The van der Waals surface area contributed by atoms with E-state index in [-0.39, 0.29) is 18.7 Å². The molecule has 6 rings (SSSR count). The van der Waals surface area contributed by atoms with Gasteiger partial charge in [-0.2, -0.15) is 0 Å². The van der Waals surface area contributed by atoms with Crippen LogP contribution in [-0.4, -0.2) is 48.4 Å². The number of hydrogen-bond acceptors (Lipinski definition) is 7. The van der Waals surface area contributed by atoms with Crippen LogP contribution < -0.4 is 14.2 Å². The van der Waals surface area contributed by atoms with Crippen molar-refractivity contribution in [3.8, 4) is 17.2 Å². The molecule has 0 bridgehead atoms. The van der Waals surface area contributed by atoms with Crippen LogP contribution >= 0.6 is 0 Å². The third kappa shape index (κ3) is 4.39. The first-order valence-electron chi connectivity index (χ1n) is 13.1. The first-order chi connectivity index (χ1) is 19.0. The summed E-state index contributed by atoms with van der Waals surface area (Å²) in [6, 6.07) is 17.7. The molecule has 2 aliphatic rings. The van der Waals surface area contributed by atoms with Crippen LogP contribution in [0.5, 0.6) is 17.2 Å². The quantitative estimate of drug-likeness (QED) is 0.350. The number of rotatable bonds is 7. The summed E-state index contributed by atoms with van der Waals surface area (Å²) in [7, 11) is 4.72. The number of aliphatic hydroxyl groups excluding tert-OH is 1. The Labute approximate surface area is 227 Å². The molecule has 8 nitrogen and oxygen atoms in total. The maximum atomic E-state index is 11.7. The number of esters is 1. The first kappa shape index (κ1) is 25.3. The summed E-state index contributed by atoms with van der Waals surface area (Å²) in [6.45, 7) is 2.00. The molecule has 1 aromatic heterocycles. The normalized spacial score (nSPS) is 16.3. The Morgan fingerprint density at radius 2 is 1.82 bits per heavy atom. The predicted molar refractivity (Wildman–Crippen MR) is 146 cm³/mol. The van der Waals surface area contributed by atoms with E-state index < -0.39 is 0 Å². The third-order valence-electron chi connectivity index (χ3n) is 8.05. The molecular formula is C31H32N2O6. The average Bonchev–Trinajstić information content (AvgIpc) is 3.29. The van der Waals surface area contributed by atoms with Crippen molar-refractivity contribution in [1.29, 1.82) is 0 Å². The van der Waals surface area contributed by atoms with E-state index in [2.05, 4.69) is 23.1 Å². The number of aromatic nitrogens is 1. The Hall–Kier alpha value is -4.01. The summed E-state index contributed by atoms with van der Waals surface area (Å²) in [4.78, 5) is 14.2. The minimum absolute atomic E-state index is 0.0525.